The fraction of sp³-hybridized carbons (Fsp3) is 0.429. The first-order chi connectivity index (χ1) is 7.74. The first kappa shape index (κ1) is 11.1. The molecule has 0 N–H and O–H groups in total. The van der Waals surface area contributed by atoms with Gasteiger partial charge in [-0.3, -0.25) is 9.79 Å². The molecule has 16 heavy (non-hydrogen) atoms. The van der Waals surface area contributed by atoms with Crippen LogP contribution in [-0.2, 0) is 11.2 Å². The van der Waals surface area contributed by atoms with Crippen LogP contribution in [0.1, 0.15) is 31.7 Å². The van der Waals surface area contributed by atoms with Crippen molar-refractivity contribution in [1.29, 1.82) is 0 Å². The van der Waals surface area contributed by atoms with E-state index in [9.17, 15) is 4.79 Å². The Morgan fingerprint density at radius 1 is 1.38 bits per heavy atom. The lowest BCUT2D eigenvalue weighted by Crippen LogP contribution is -2.11. The van der Waals surface area contributed by atoms with Crippen molar-refractivity contribution >= 4 is 11.5 Å². The van der Waals surface area contributed by atoms with Crippen molar-refractivity contribution in [3.05, 3.63) is 35.9 Å². The van der Waals surface area contributed by atoms with E-state index in [4.69, 9.17) is 0 Å². The van der Waals surface area contributed by atoms with E-state index in [1.807, 2.05) is 37.3 Å². The van der Waals surface area contributed by atoms with Crippen LogP contribution in [0, 0.1) is 0 Å². The zero-order chi connectivity index (χ0) is 11.4. The van der Waals surface area contributed by atoms with E-state index in [2.05, 4.69) is 4.99 Å². The third kappa shape index (κ3) is 3.02. The van der Waals surface area contributed by atoms with Gasteiger partial charge in [0.05, 0.1) is 6.04 Å². The molecule has 0 saturated heterocycles. The highest BCUT2D eigenvalue weighted by atomic mass is 16.1. The van der Waals surface area contributed by atoms with Gasteiger partial charge in [-0.05, 0) is 25.3 Å². The minimum absolute atomic E-state index is 0.246. The highest BCUT2D eigenvalue weighted by Gasteiger charge is 2.17. The third-order valence-electron chi connectivity index (χ3n) is 2.95. The number of ketones is 1. The Kier molecular flexibility index (Phi) is 3.50. The van der Waals surface area contributed by atoms with E-state index < -0.39 is 0 Å². The highest BCUT2D eigenvalue weighted by molar-refractivity contribution is 5.86. The predicted molar refractivity (Wildman–Crippen MR) is 65.9 cm³/mol. The summed E-state index contributed by atoms with van der Waals surface area (Å²) < 4.78 is 0. The van der Waals surface area contributed by atoms with Crippen molar-refractivity contribution in [2.24, 2.45) is 4.99 Å². The molecule has 0 spiro atoms. The van der Waals surface area contributed by atoms with E-state index in [0.717, 1.165) is 18.4 Å². The number of benzene rings is 1. The number of carbonyl (C=O) groups is 1. The summed E-state index contributed by atoms with van der Waals surface area (Å²) in [7, 11) is 0. The van der Waals surface area contributed by atoms with E-state index in [1.165, 1.54) is 5.71 Å². The van der Waals surface area contributed by atoms with Crippen LogP contribution in [0.2, 0.25) is 0 Å². The second kappa shape index (κ2) is 5.06. The summed E-state index contributed by atoms with van der Waals surface area (Å²) in [5.74, 6) is 0.301. The normalized spacial score (nSPS) is 19.6. The largest absolute Gasteiger partial charge is 0.299 e. The maximum atomic E-state index is 11.8. The molecule has 84 valence electrons. The Hall–Kier alpha value is -1.44. The second-order valence-electron chi connectivity index (χ2n) is 4.46. The molecule has 0 amide bonds. The quantitative estimate of drug-likeness (QED) is 0.759. The SMILES string of the molecule is CC1=N[C@H](CC(=O)Cc2ccccc2)CC1. The van der Waals surface area contributed by atoms with Crippen LogP contribution < -0.4 is 0 Å². The van der Waals surface area contributed by atoms with Gasteiger partial charge in [0.25, 0.3) is 0 Å². The lowest BCUT2D eigenvalue weighted by Gasteiger charge is -2.05. The molecule has 1 aliphatic heterocycles. The Labute approximate surface area is 96.4 Å². The van der Waals surface area contributed by atoms with Gasteiger partial charge in [-0.15, -0.1) is 0 Å². The first-order valence-corrected chi connectivity index (χ1v) is 5.83. The summed E-state index contributed by atoms with van der Waals surface area (Å²) in [5, 5.41) is 0. The van der Waals surface area contributed by atoms with Gasteiger partial charge < -0.3 is 0 Å². The fourth-order valence-electron chi connectivity index (χ4n) is 2.12. The summed E-state index contributed by atoms with van der Waals surface area (Å²) >= 11 is 0. The van der Waals surface area contributed by atoms with Gasteiger partial charge >= 0.3 is 0 Å². The molecule has 1 aromatic carbocycles. The number of rotatable bonds is 4. The molecule has 0 radical (unpaired) electrons. The molecular formula is C14H17NO. The zero-order valence-corrected chi connectivity index (χ0v) is 9.65. The molecular weight excluding hydrogens is 198 g/mol. The van der Waals surface area contributed by atoms with Crippen molar-refractivity contribution in [2.45, 2.75) is 38.6 Å². The lowest BCUT2D eigenvalue weighted by atomic mass is 10.0. The fourth-order valence-corrected chi connectivity index (χ4v) is 2.12. The van der Waals surface area contributed by atoms with E-state index in [1.54, 1.807) is 0 Å². The smallest absolute Gasteiger partial charge is 0.139 e. The molecule has 1 atom stereocenters. The molecule has 2 rings (SSSR count). The average molecular weight is 215 g/mol. The minimum atomic E-state index is 0.246. The van der Waals surface area contributed by atoms with Gasteiger partial charge in [0, 0.05) is 18.6 Å². The Balaban J connectivity index is 1.85. The molecule has 0 aliphatic carbocycles. The van der Waals surface area contributed by atoms with Gasteiger partial charge in [-0.25, -0.2) is 0 Å². The highest BCUT2D eigenvalue weighted by Crippen LogP contribution is 2.17. The van der Waals surface area contributed by atoms with E-state index in [0.29, 0.717) is 18.6 Å². The maximum absolute atomic E-state index is 11.8. The summed E-state index contributed by atoms with van der Waals surface area (Å²) in [5.41, 5.74) is 2.30. The van der Waals surface area contributed by atoms with Crippen molar-refractivity contribution in [3.8, 4) is 0 Å². The first-order valence-electron chi connectivity index (χ1n) is 5.83. The molecule has 2 nitrogen and oxygen atoms in total. The van der Waals surface area contributed by atoms with Gasteiger partial charge in [-0.1, -0.05) is 30.3 Å². The summed E-state index contributed by atoms with van der Waals surface area (Å²) in [6.07, 6.45) is 3.26. The van der Waals surface area contributed by atoms with Crippen LogP contribution >= 0.6 is 0 Å². The van der Waals surface area contributed by atoms with Gasteiger partial charge in [0.15, 0.2) is 0 Å². The van der Waals surface area contributed by atoms with Crippen LogP contribution in [-0.4, -0.2) is 17.5 Å². The van der Waals surface area contributed by atoms with Crippen LogP contribution in [0.5, 0.6) is 0 Å². The molecule has 2 heteroatoms. The molecule has 0 saturated carbocycles. The van der Waals surface area contributed by atoms with Crippen molar-refractivity contribution in [2.75, 3.05) is 0 Å². The maximum Gasteiger partial charge on any atom is 0.139 e. The Bertz CT molecular complexity index is 394. The molecule has 0 unspecified atom stereocenters. The average Bonchev–Trinajstić information content (AvgIpc) is 2.65. The van der Waals surface area contributed by atoms with Gasteiger partial charge in [0.2, 0.25) is 0 Å². The molecule has 1 heterocycles. The summed E-state index contributed by atoms with van der Waals surface area (Å²) in [6, 6.07) is 10.2. The zero-order valence-electron chi connectivity index (χ0n) is 9.65. The van der Waals surface area contributed by atoms with Crippen molar-refractivity contribution in [3.63, 3.8) is 0 Å². The number of hydrogen-bond donors (Lipinski definition) is 0. The molecule has 1 aromatic rings. The molecule has 1 aliphatic rings. The number of hydrogen-bond acceptors (Lipinski definition) is 2. The Morgan fingerprint density at radius 2 is 2.12 bits per heavy atom. The van der Waals surface area contributed by atoms with Gasteiger partial charge in [0.1, 0.15) is 5.78 Å². The van der Waals surface area contributed by atoms with Gasteiger partial charge in [-0.2, -0.15) is 0 Å². The van der Waals surface area contributed by atoms with Crippen molar-refractivity contribution in [1.82, 2.24) is 0 Å². The summed E-state index contributed by atoms with van der Waals surface area (Å²) in [6.45, 7) is 2.04. The number of aliphatic imine (C=N–C) groups is 1. The minimum Gasteiger partial charge on any atom is -0.299 e. The molecule has 0 fully saturated rings. The molecule has 0 bridgehead atoms. The number of carbonyl (C=O) groups excluding carboxylic acids is 1. The summed E-state index contributed by atoms with van der Waals surface area (Å²) in [4.78, 5) is 16.3. The van der Waals surface area contributed by atoms with Crippen LogP contribution in [0.3, 0.4) is 0 Å². The molecule has 0 aromatic heterocycles. The topological polar surface area (TPSA) is 29.4 Å². The van der Waals surface area contributed by atoms with E-state index in [-0.39, 0.29) is 6.04 Å². The van der Waals surface area contributed by atoms with Crippen LogP contribution in [0.25, 0.3) is 0 Å². The standard InChI is InChI=1S/C14H17NO/c1-11-7-8-13(15-11)10-14(16)9-12-5-3-2-4-6-12/h2-6,13H,7-10H2,1H3/t13-/m0/s1. The third-order valence-corrected chi connectivity index (χ3v) is 2.95. The van der Waals surface area contributed by atoms with Crippen LogP contribution in [0.4, 0.5) is 0 Å². The lowest BCUT2D eigenvalue weighted by molar-refractivity contribution is -0.118. The second-order valence-corrected chi connectivity index (χ2v) is 4.46. The Morgan fingerprint density at radius 3 is 2.75 bits per heavy atom. The van der Waals surface area contributed by atoms with Crippen molar-refractivity contribution < 1.29 is 4.79 Å². The number of Topliss-reactive ketones (excluding diaryl/α,β-unsaturated/α-hetero) is 1. The number of nitrogens with zero attached hydrogens (tertiary/aromatic N) is 1. The van der Waals surface area contributed by atoms with E-state index >= 15 is 0 Å². The van der Waals surface area contributed by atoms with Crippen LogP contribution in [0.15, 0.2) is 35.3 Å². The monoisotopic (exact) mass is 215 g/mol. The predicted octanol–water partition coefficient (Wildman–Crippen LogP) is 2.81.